The fraction of sp³-hybridized carbons (Fsp3) is 0.440. The molecule has 0 saturated carbocycles. The summed E-state index contributed by atoms with van der Waals surface area (Å²) >= 11 is 0. The van der Waals surface area contributed by atoms with Crippen molar-refractivity contribution < 1.29 is 18.0 Å². The SMILES string of the molecule is CCCS(=O)(=O)Nc1ccc(NC(=O)C(NC(=O)c2ccc(C(C)(C)C)cc2)C(C)C)cc1. The number of sulfonamides is 1. The van der Waals surface area contributed by atoms with Gasteiger partial charge in [-0.1, -0.05) is 53.7 Å². The molecule has 3 N–H and O–H groups in total. The fourth-order valence-electron chi connectivity index (χ4n) is 3.22. The molecule has 2 aromatic carbocycles. The predicted octanol–water partition coefficient (Wildman–Crippen LogP) is 4.53. The van der Waals surface area contributed by atoms with Gasteiger partial charge in [0.05, 0.1) is 5.75 Å². The quantitative estimate of drug-likeness (QED) is 0.498. The Hall–Kier alpha value is -2.87. The van der Waals surface area contributed by atoms with Crippen molar-refractivity contribution in [2.24, 2.45) is 5.92 Å². The molecule has 0 heterocycles. The summed E-state index contributed by atoms with van der Waals surface area (Å²) in [4.78, 5) is 25.6. The Bertz CT molecular complexity index is 1050. The van der Waals surface area contributed by atoms with Crippen molar-refractivity contribution in [3.05, 3.63) is 59.7 Å². The summed E-state index contributed by atoms with van der Waals surface area (Å²) in [5.74, 6) is -0.753. The van der Waals surface area contributed by atoms with Crippen LogP contribution in [-0.2, 0) is 20.2 Å². The van der Waals surface area contributed by atoms with Crippen LogP contribution >= 0.6 is 0 Å². The first-order chi connectivity index (χ1) is 15.3. The normalized spacial score (nSPS) is 12.8. The Kier molecular flexibility index (Phi) is 8.66. The number of nitrogens with one attached hydrogen (secondary N) is 3. The van der Waals surface area contributed by atoms with Crippen molar-refractivity contribution in [3.8, 4) is 0 Å². The number of hydrogen-bond acceptors (Lipinski definition) is 4. The zero-order chi connectivity index (χ0) is 24.8. The summed E-state index contributed by atoms with van der Waals surface area (Å²) in [6.07, 6.45) is 0.520. The predicted molar refractivity (Wildman–Crippen MR) is 134 cm³/mol. The van der Waals surface area contributed by atoms with E-state index >= 15 is 0 Å². The van der Waals surface area contributed by atoms with E-state index in [4.69, 9.17) is 0 Å². The standard InChI is InChI=1S/C25H35N3O4S/c1-7-16-33(31,32)28-21-14-12-20(13-15-21)26-24(30)22(17(2)3)27-23(29)18-8-10-19(11-9-18)25(4,5)6/h8-15,17,22,28H,7,16H2,1-6H3,(H,26,30)(H,27,29). The van der Waals surface area contributed by atoms with Crippen LogP contribution in [0, 0.1) is 5.92 Å². The molecule has 1 atom stereocenters. The summed E-state index contributed by atoms with van der Waals surface area (Å²) in [6.45, 7) is 11.8. The average Bonchev–Trinajstić information content (AvgIpc) is 2.72. The molecule has 33 heavy (non-hydrogen) atoms. The van der Waals surface area contributed by atoms with Crippen molar-refractivity contribution >= 4 is 33.2 Å². The number of carbonyl (C=O) groups is 2. The minimum Gasteiger partial charge on any atom is -0.340 e. The van der Waals surface area contributed by atoms with Gasteiger partial charge in [0.2, 0.25) is 15.9 Å². The summed E-state index contributed by atoms with van der Waals surface area (Å²) in [6, 6.07) is 13.1. The van der Waals surface area contributed by atoms with Crippen LogP contribution in [0.5, 0.6) is 0 Å². The van der Waals surface area contributed by atoms with Crippen LogP contribution in [0.4, 0.5) is 11.4 Å². The van der Waals surface area contributed by atoms with Crippen LogP contribution < -0.4 is 15.4 Å². The van der Waals surface area contributed by atoms with Gasteiger partial charge in [-0.2, -0.15) is 0 Å². The van der Waals surface area contributed by atoms with Crippen LogP contribution in [0.1, 0.15) is 63.9 Å². The van der Waals surface area contributed by atoms with E-state index in [2.05, 4.69) is 36.1 Å². The third kappa shape index (κ3) is 7.89. The number of rotatable bonds is 9. The zero-order valence-electron chi connectivity index (χ0n) is 20.2. The molecule has 0 aliphatic rings. The van der Waals surface area contributed by atoms with Gasteiger partial charge < -0.3 is 10.6 Å². The lowest BCUT2D eigenvalue weighted by Crippen LogP contribution is -2.47. The Balaban J connectivity index is 2.05. The van der Waals surface area contributed by atoms with E-state index in [9.17, 15) is 18.0 Å². The number of anilines is 2. The summed E-state index contributed by atoms with van der Waals surface area (Å²) in [5.41, 5.74) is 2.53. The third-order valence-corrected chi connectivity index (χ3v) is 6.64. The maximum Gasteiger partial charge on any atom is 0.251 e. The molecule has 0 radical (unpaired) electrons. The van der Waals surface area contributed by atoms with Crippen LogP contribution in [0.25, 0.3) is 0 Å². The second-order valence-corrected chi connectivity index (χ2v) is 11.4. The van der Waals surface area contributed by atoms with E-state index in [1.54, 1.807) is 43.3 Å². The average molecular weight is 474 g/mol. The molecule has 7 nitrogen and oxygen atoms in total. The maximum absolute atomic E-state index is 12.9. The summed E-state index contributed by atoms with van der Waals surface area (Å²) in [5, 5.41) is 5.62. The fourth-order valence-corrected chi connectivity index (χ4v) is 4.36. The Morgan fingerprint density at radius 3 is 1.94 bits per heavy atom. The minimum atomic E-state index is -3.38. The number of hydrogen-bond donors (Lipinski definition) is 3. The van der Waals surface area contributed by atoms with Crippen molar-refractivity contribution in [1.29, 1.82) is 0 Å². The molecule has 0 saturated heterocycles. The van der Waals surface area contributed by atoms with Gasteiger partial charge in [-0.25, -0.2) is 8.42 Å². The van der Waals surface area contributed by atoms with E-state index in [0.29, 0.717) is 23.4 Å². The van der Waals surface area contributed by atoms with Crippen LogP contribution in [0.15, 0.2) is 48.5 Å². The maximum atomic E-state index is 12.9. The first-order valence-electron chi connectivity index (χ1n) is 11.1. The molecule has 2 aromatic rings. The highest BCUT2D eigenvalue weighted by Crippen LogP contribution is 2.22. The third-order valence-electron chi connectivity index (χ3n) is 5.15. The van der Waals surface area contributed by atoms with Gasteiger partial charge in [-0.3, -0.25) is 14.3 Å². The molecule has 8 heteroatoms. The van der Waals surface area contributed by atoms with E-state index in [1.807, 2.05) is 26.0 Å². The first kappa shape index (κ1) is 26.4. The smallest absolute Gasteiger partial charge is 0.251 e. The molecule has 180 valence electrons. The largest absolute Gasteiger partial charge is 0.340 e. The van der Waals surface area contributed by atoms with Crippen LogP contribution in [0.2, 0.25) is 0 Å². The van der Waals surface area contributed by atoms with E-state index < -0.39 is 16.1 Å². The molecule has 0 aliphatic carbocycles. The second kappa shape index (κ2) is 10.8. The lowest BCUT2D eigenvalue weighted by molar-refractivity contribution is -0.118. The molecule has 0 fully saturated rings. The second-order valence-electron chi connectivity index (χ2n) is 9.51. The van der Waals surface area contributed by atoms with Crippen LogP contribution in [-0.4, -0.2) is 32.0 Å². The number of benzene rings is 2. The molecule has 2 rings (SSSR count). The Morgan fingerprint density at radius 1 is 0.909 bits per heavy atom. The van der Waals surface area contributed by atoms with Crippen molar-refractivity contribution in [1.82, 2.24) is 5.32 Å². The zero-order valence-corrected chi connectivity index (χ0v) is 21.0. The highest BCUT2D eigenvalue weighted by Gasteiger charge is 2.25. The molecule has 0 aromatic heterocycles. The highest BCUT2D eigenvalue weighted by molar-refractivity contribution is 7.92. The molecule has 0 bridgehead atoms. The van der Waals surface area contributed by atoms with Gasteiger partial charge >= 0.3 is 0 Å². The highest BCUT2D eigenvalue weighted by atomic mass is 32.2. The molecule has 1 unspecified atom stereocenters. The minimum absolute atomic E-state index is 0.0133. The molecule has 0 spiro atoms. The Morgan fingerprint density at radius 2 is 1.45 bits per heavy atom. The van der Waals surface area contributed by atoms with Gasteiger partial charge in [0.15, 0.2) is 0 Å². The van der Waals surface area contributed by atoms with Crippen molar-refractivity contribution in [3.63, 3.8) is 0 Å². The van der Waals surface area contributed by atoms with Gasteiger partial charge in [0.1, 0.15) is 6.04 Å². The van der Waals surface area contributed by atoms with Crippen LogP contribution in [0.3, 0.4) is 0 Å². The molecule has 2 amide bonds. The first-order valence-corrected chi connectivity index (χ1v) is 12.8. The summed E-state index contributed by atoms with van der Waals surface area (Å²) < 4.78 is 26.3. The monoisotopic (exact) mass is 473 g/mol. The molecular formula is C25H35N3O4S. The van der Waals surface area contributed by atoms with Gasteiger partial charge in [0, 0.05) is 16.9 Å². The van der Waals surface area contributed by atoms with E-state index in [-0.39, 0.29) is 28.9 Å². The summed E-state index contributed by atoms with van der Waals surface area (Å²) in [7, 11) is -3.38. The van der Waals surface area contributed by atoms with Gasteiger partial charge in [-0.15, -0.1) is 0 Å². The van der Waals surface area contributed by atoms with Crippen molar-refractivity contribution in [2.45, 2.75) is 59.4 Å². The lowest BCUT2D eigenvalue weighted by Gasteiger charge is -2.22. The molecular weight excluding hydrogens is 438 g/mol. The van der Waals surface area contributed by atoms with Gasteiger partial charge in [0.25, 0.3) is 5.91 Å². The van der Waals surface area contributed by atoms with E-state index in [1.165, 1.54) is 0 Å². The Labute approximate surface area is 197 Å². The van der Waals surface area contributed by atoms with Gasteiger partial charge in [-0.05, 0) is 59.7 Å². The molecule has 0 aliphatic heterocycles. The number of carbonyl (C=O) groups excluding carboxylic acids is 2. The van der Waals surface area contributed by atoms with Crippen molar-refractivity contribution in [2.75, 3.05) is 15.8 Å². The van der Waals surface area contributed by atoms with E-state index in [0.717, 1.165) is 5.56 Å². The lowest BCUT2D eigenvalue weighted by atomic mass is 9.86. The number of amides is 2. The topological polar surface area (TPSA) is 104 Å².